The third-order valence-corrected chi connectivity index (χ3v) is 3.95. The average molecular weight is 300 g/mol. The lowest BCUT2D eigenvalue weighted by atomic mass is 10.2. The SMILES string of the molecule is COCCNC(=O)[C@@H](C)N(c1ccccc1)S(C)(=O)=O. The number of amides is 1. The summed E-state index contributed by atoms with van der Waals surface area (Å²) in [7, 11) is -2.02. The molecule has 0 aliphatic carbocycles. The fourth-order valence-electron chi connectivity index (χ4n) is 1.81. The number of rotatable bonds is 7. The van der Waals surface area contributed by atoms with Gasteiger partial charge in [-0.25, -0.2) is 8.42 Å². The van der Waals surface area contributed by atoms with E-state index in [1.165, 1.54) is 7.11 Å². The number of hydrogen-bond acceptors (Lipinski definition) is 4. The molecule has 0 saturated heterocycles. The van der Waals surface area contributed by atoms with Crippen molar-refractivity contribution in [2.45, 2.75) is 13.0 Å². The van der Waals surface area contributed by atoms with E-state index in [0.29, 0.717) is 18.8 Å². The van der Waals surface area contributed by atoms with Crippen LogP contribution in [0.15, 0.2) is 30.3 Å². The van der Waals surface area contributed by atoms with Gasteiger partial charge in [-0.2, -0.15) is 0 Å². The molecule has 1 aromatic rings. The Labute approximate surface area is 119 Å². The number of sulfonamides is 1. The van der Waals surface area contributed by atoms with E-state index < -0.39 is 16.1 Å². The van der Waals surface area contributed by atoms with Crippen LogP contribution in [-0.2, 0) is 19.6 Å². The minimum atomic E-state index is -3.55. The van der Waals surface area contributed by atoms with Gasteiger partial charge in [0, 0.05) is 13.7 Å². The molecule has 1 N–H and O–H groups in total. The molecule has 0 saturated carbocycles. The molecule has 0 heterocycles. The van der Waals surface area contributed by atoms with Gasteiger partial charge in [0.1, 0.15) is 6.04 Å². The fraction of sp³-hybridized carbons (Fsp3) is 0.462. The molecular formula is C13H20N2O4S. The molecule has 6 nitrogen and oxygen atoms in total. The van der Waals surface area contributed by atoms with Crippen molar-refractivity contribution in [3.05, 3.63) is 30.3 Å². The van der Waals surface area contributed by atoms with Crippen molar-refractivity contribution < 1.29 is 17.9 Å². The van der Waals surface area contributed by atoms with Gasteiger partial charge in [-0.15, -0.1) is 0 Å². The molecule has 0 unspecified atom stereocenters. The van der Waals surface area contributed by atoms with Gasteiger partial charge in [-0.1, -0.05) is 18.2 Å². The molecule has 0 aromatic heterocycles. The van der Waals surface area contributed by atoms with E-state index in [1.807, 2.05) is 0 Å². The number of ether oxygens (including phenoxy) is 1. The van der Waals surface area contributed by atoms with Crippen LogP contribution < -0.4 is 9.62 Å². The van der Waals surface area contributed by atoms with Gasteiger partial charge >= 0.3 is 0 Å². The highest BCUT2D eigenvalue weighted by Gasteiger charge is 2.28. The number of para-hydroxylation sites is 1. The number of anilines is 1. The number of carbonyl (C=O) groups excluding carboxylic acids is 1. The molecule has 0 aliphatic rings. The topological polar surface area (TPSA) is 75.7 Å². The zero-order valence-electron chi connectivity index (χ0n) is 11.9. The third kappa shape index (κ3) is 4.50. The molecule has 0 aliphatic heterocycles. The van der Waals surface area contributed by atoms with Crippen molar-refractivity contribution in [1.29, 1.82) is 0 Å². The Hall–Kier alpha value is -1.60. The monoisotopic (exact) mass is 300 g/mol. The first kappa shape index (κ1) is 16.5. The summed E-state index contributed by atoms with van der Waals surface area (Å²) >= 11 is 0. The number of nitrogens with one attached hydrogen (secondary N) is 1. The third-order valence-electron chi connectivity index (χ3n) is 2.70. The molecular weight excluding hydrogens is 280 g/mol. The van der Waals surface area contributed by atoms with Gasteiger partial charge in [-0.3, -0.25) is 9.10 Å². The molecule has 1 aromatic carbocycles. The smallest absolute Gasteiger partial charge is 0.243 e. The Morgan fingerprint density at radius 1 is 1.35 bits per heavy atom. The predicted octanol–water partition coefficient (Wildman–Crippen LogP) is 0.604. The maximum absolute atomic E-state index is 12.0. The highest BCUT2D eigenvalue weighted by Crippen LogP contribution is 2.19. The van der Waals surface area contributed by atoms with Crippen LogP contribution in [0.1, 0.15) is 6.92 Å². The van der Waals surface area contributed by atoms with Crippen molar-refractivity contribution in [3.63, 3.8) is 0 Å². The van der Waals surface area contributed by atoms with Crippen LogP contribution >= 0.6 is 0 Å². The van der Waals surface area contributed by atoms with Crippen LogP contribution in [0.4, 0.5) is 5.69 Å². The first-order valence-corrected chi connectivity index (χ1v) is 8.04. The number of benzene rings is 1. The number of hydrogen-bond donors (Lipinski definition) is 1. The van der Waals surface area contributed by atoms with Crippen molar-refractivity contribution >= 4 is 21.6 Å². The van der Waals surface area contributed by atoms with Crippen molar-refractivity contribution in [3.8, 4) is 0 Å². The average Bonchev–Trinajstić information content (AvgIpc) is 2.38. The fourth-order valence-corrected chi connectivity index (χ4v) is 2.98. The molecule has 1 amide bonds. The lowest BCUT2D eigenvalue weighted by Gasteiger charge is -2.28. The van der Waals surface area contributed by atoms with Crippen LogP contribution in [0.25, 0.3) is 0 Å². The highest BCUT2D eigenvalue weighted by molar-refractivity contribution is 7.92. The molecule has 7 heteroatoms. The summed E-state index contributed by atoms with van der Waals surface area (Å²) in [6.45, 7) is 2.27. The lowest BCUT2D eigenvalue weighted by Crippen LogP contribution is -2.48. The summed E-state index contributed by atoms with van der Waals surface area (Å²) in [5.41, 5.74) is 0.462. The van der Waals surface area contributed by atoms with E-state index in [4.69, 9.17) is 4.74 Å². The minimum absolute atomic E-state index is 0.339. The van der Waals surface area contributed by atoms with Crippen molar-refractivity contribution in [2.24, 2.45) is 0 Å². The summed E-state index contributed by atoms with van der Waals surface area (Å²) in [5, 5.41) is 2.64. The second kappa shape index (κ2) is 7.25. The second-order valence-corrected chi connectivity index (χ2v) is 6.21. The number of methoxy groups -OCH3 is 1. The van der Waals surface area contributed by atoms with E-state index >= 15 is 0 Å². The molecule has 0 bridgehead atoms. The van der Waals surface area contributed by atoms with E-state index in [-0.39, 0.29) is 5.91 Å². The first-order valence-electron chi connectivity index (χ1n) is 6.19. The maximum Gasteiger partial charge on any atom is 0.243 e. The van der Waals surface area contributed by atoms with E-state index in [9.17, 15) is 13.2 Å². The number of carbonyl (C=O) groups is 1. The summed E-state index contributed by atoms with van der Waals surface area (Å²) in [6, 6.07) is 7.71. The first-order chi connectivity index (χ1) is 9.38. The van der Waals surface area contributed by atoms with Crippen LogP contribution in [0.5, 0.6) is 0 Å². The Kier molecular flexibility index (Phi) is 5.97. The van der Waals surface area contributed by atoms with Gasteiger partial charge in [0.2, 0.25) is 15.9 Å². The lowest BCUT2D eigenvalue weighted by molar-refractivity contribution is -0.122. The summed E-state index contributed by atoms with van der Waals surface area (Å²) in [6.07, 6.45) is 1.08. The maximum atomic E-state index is 12.0. The Morgan fingerprint density at radius 3 is 2.45 bits per heavy atom. The zero-order chi connectivity index (χ0) is 15.2. The molecule has 1 rings (SSSR count). The van der Waals surface area contributed by atoms with Crippen LogP contribution in [0.2, 0.25) is 0 Å². The Balaban J connectivity index is 2.93. The quantitative estimate of drug-likeness (QED) is 0.748. The van der Waals surface area contributed by atoms with Crippen LogP contribution in [0.3, 0.4) is 0 Å². The van der Waals surface area contributed by atoms with Gasteiger partial charge < -0.3 is 10.1 Å². The Morgan fingerprint density at radius 2 is 1.95 bits per heavy atom. The normalized spacial score (nSPS) is 12.8. The number of nitrogens with zero attached hydrogens (tertiary/aromatic N) is 1. The molecule has 0 fully saturated rings. The molecule has 0 spiro atoms. The molecule has 0 radical (unpaired) electrons. The zero-order valence-corrected chi connectivity index (χ0v) is 12.7. The second-order valence-electron chi connectivity index (χ2n) is 4.35. The van der Waals surface area contributed by atoms with Crippen molar-refractivity contribution in [2.75, 3.05) is 30.8 Å². The van der Waals surface area contributed by atoms with Gasteiger partial charge in [-0.05, 0) is 19.1 Å². The van der Waals surface area contributed by atoms with E-state index in [0.717, 1.165) is 10.6 Å². The molecule has 112 valence electrons. The highest BCUT2D eigenvalue weighted by atomic mass is 32.2. The van der Waals surface area contributed by atoms with E-state index in [2.05, 4.69) is 5.32 Å². The predicted molar refractivity (Wildman–Crippen MR) is 78.1 cm³/mol. The summed E-state index contributed by atoms with van der Waals surface area (Å²) in [5.74, 6) is -0.365. The van der Waals surface area contributed by atoms with E-state index in [1.54, 1.807) is 37.3 Å². The minimum Gasteiger partial charge on any atom is -0.383 e. The largest absolute Gasteiger partial charge is 0.383 e. The molecule has 20 heavy (non-hydrogen) atoms. The Bertz CT molecular complexity index is 531. The summed E-state index contributed by atoms with van der Waals surface area (Å²) in [4.78, 5) is 12.0. The van der Waals surface area contributed by atoms with Crippen LogP contribution in [-0.4, -0.2) is 46.9 Å². The summed E-state index contributed by atoms with van der Waals surface area (Å²) < 4.78 is 29.8. The van der Waals surface area contributed by atoms with Gasteiger partial charge in [0.25, 0.3) is 0 Å². The van der Waals surface area contributed by atoms with Gasteiger partial charge in [0.15, 0.2) is 0 Å². The van der Waals surface area contributed by atoms with Crippen LogP contribution in [0, 0.1) is 0 Å². The molecule has 1 atom stereocenters. The standard InChI is InChI=1S/C13H20N2O4S/c1-11(13(16)14-9-10-19-2)15(20(3,17)18)12-7-5-4-6-8-12/h4-8,11H,9-10H2,1-3H3,(H,14,16)/t11-/m1/s1. The van der Waals surface area contributed by atoms with Gasteiger partial charge in [0.05, 0.1) is 18.6 Å². The van der Waals surface area contributed by atoms with Crippen molar-refractivity contribution in [1.82, 2.24) is 5.32 Å².